The molecule has 124 valence electrons. The Morgan fingerprint density at radius 1 is 1.38 bits per heavy atom. The monoisotopic (exact) mass is 340 g/mol. The van der Waals surface area contributed by atoms with Gasteiger partial charge in [0.25, 0.3) is 5.91 Å². The van der Waals surface area contributed by atoms with Gasteiger partial charge in [-0.3, -0.25) is 4.79 Å². The van der Waals surface area contributed by atoms with Crippen LogP contribution >= 0.6 is 11.3 Å². The third-order valence-corrected chi connectivity index (χ3v) is 4.38. The first-order valence-electron chi connectivity index (χ1n) is 7.62. The number of nitrogens with one attached hydrogen (secondary N) is 2. The minimum absolute atomic E-state index is 0.000752. The molecule has 0 bridgehead atoms. The van der Waals surface area contributed by atoms with E-state index >= 15 is 0 Å². The lowest BCUT2D eigenvalue weighted by Crippen LogP contribution is -2.17. The van der Waals surface area contributed by atoms with Crippen LogP contribution < -0.4 is 10.6 Å². The second kappa shape index (κ2) is 7.75. The van der Waals surface area contributed by atoms with Gasteiger partial charge in [-0.15, -0.1) is 11.3 Å². The fourth-order valence-corrected chi connectivity index (χ4v) is 2.88. The van der Waals surface area contributed by atoms with E-state index in [1.165, 1.54) is 17.5 Å². The Bertz CT molecular complexity index is 815. The van der Waals surface area contributed by atoms with Gasteiger partial charge in [-0.2, -0.15) is 5.26 Å². The first-order chi connectivity index (χ1) is 11.4. The summed E-state index contributed by atoms with van der Waals surface area (Å²) in [5.74, 6) is -0.166. The van der Waals surface area contributed by atoms with Crippen molar-refractivity contribution >= 4 is 28.1 Å². The summed E-state index contributed by atoms with van der Waals surface area (Å²) in [5, 5.41) is 17.6. The predicted octanol–water partition coefficient (Wildman–Crippen LogP) is 4.34. The van der Waals surface area contributed by atoms with Gasteiger partial charge in [0.2, 0.25) is 0 Å². The molecular weight excluding hydrogens is 320 g/mol. The Kier molecular flexibility index (Phi) is 5.72. The van der Waals surface area contributed by atoms with Gasteiger partial charge in [-0.25, -0.2) is 4.98 Å². The van der Waals surface area contributed by atoms with E-state index in [-0.39, 0.29) is 11.5 Å². The highest BCUT2D eigenvalue weighted by atomic mass is 32.1. The number of hydrogen-bond acceptors (Lipinski definition) is 5. The van der Waals surface area contributed by atoms with Crippen molar-refractivity contribution in [1.82, 2.24) is 4.98 Å². The van der Waals surface area contributed by atoms with Gasteiger partial charge in [0, 0.05) is 17.3 Å². The Morgan fingerprint density at radius 3 is 2.71 bits per heavy atom. The van der Waals surface area contributed by atoms with E-state index in [4.69, 9.17) is 0 Å². The number of amides is 1. The molecule has 0 spiro atoms. The van der Waals surface area contributed by atoms with Crippen LogP contribution in [0.3, 0.4) is 0 Å². The lowest BCUT2D eigenvalue weighted by atomic mass is 9.98. The average molecular weight is 340 g/mol. The smallest absolute Gasteiger partial charge is 0.267 e. The minimum atomic E-state index is -0.436. The highest BCUT2D eigenvalue weighted by Crippen LogP contribution is 2.27. The maximum atomic E-state index is 12.4. The van der Waals surface area contributed by atoms with Gasteiger partial charge >= 0.3 is 0 Å². The number of thiazole rings is 1. The molecule has 6 heteroatoms. The van der Waals surface area contributed by atoms with Gasteiger partial charge in [-0.05, 0) is 30.9 Å². The average Bonchev–Trinajstić information content (AvgIpc) is 2.95. The quantitative estimate of drug-likeness (QED) is 0.627. The summed E-state index contributed by atoms with van der Waals surface area (Å²) < 4.78 is 0. The molecule has 1 aromatic carbocycles. The molecule has 2 rings (SSSR count). The molecule has 0 radical (unpaired) electrons. The maximum Gasteiger partial charge on any atom is 0.267 e. The molecule has 5 nitrogen and oxygen atoms in total. The number of benzene rings is 1. The summed E-state index contributed by atoms with van der Waals surface area (Å²) in [6.45, 7) is 7.96. The van der Waals surface area contributed by atoms with Gasteiger partial charge in [-0.1, -0.05) is 32.0 Å². The van der Waals surface area contributed by atoms with Crippen molar-refractivity contribution < 1.29 is 4.79 Å². The van der Waals surface area contributed by atoms with Gasteiger partial charge in [0.05, 0.1) is 5.69 Å². The van der Waals surface area contributed by atoms with Crippen LogP contribution in [-0.4, -0.2) is 10.9 Å². The summed E-state index contributed by atoms with van der Waals surface area (Å²) in [5.41, 5.74) is 3.67. The number of nitriles is 1. The number of rotatable bonds is 5. The maximum absolute atomic E-state index is 12.4. The Morgan fingerprint density at radius 2 is 2.12 bits per heavy atom. The van der Waals surface area contributed by atoms with E-state index in [1.54, 1.807) is 0 Å². The third-order valence-electron chi connectivity index (χ3n) is 3.49. The molecular formula is C18H20N4OS. The summed E-state index contributed by atoms with van der Waals surface area (Å²) in [6.07, 6.45) is 1.39. The zero-order chi connectivity index (χ0) is 17.7. The SMILES string of the molecule is Cc1csc(N/C=C(/C#N)C(=O)Nc2c(C)cccc2C(C)C)n1. The van der Waals surface area contributed by atoms with E-state index < -0.39 is 5.91 Å². The molecule has 1 aromatic heterocycles. The first kappa shape index (κ1) is 17.7. The molecule has 0 unspecified atom stereocenters. The second-order valence-corrected chi connectivity index (χ2v) is 6.61. The fourth-order valence-electron chi connectivity index (χ4n) is 2.23. The lowest BCUT2D eigenvalue weighted by Gasteiger charge is -2.16. The van der Waals surface area contributed by atoms with E-state index in [0.717, 1.165) is 22.5 Å². The molecule has 0 saturated carbocycles. The van der Waals surface area contributed by atoms with Crippen LogP contribution in [-0.2, 0) is 4.79 Å². The standard InChI is InChI=1S/C18H20N4OS/c1-11(2)15-7-5-6-12(3)16(15)22-17(23)14(8-19)9-20-18-21-13(4)10-24-18/h5-7,9-11H,1-4H3,(H,20,21)(H,22,23)/b14-9-. The highest BCUT2D eigenvalue weighted by Gasteiger charge is 2.15. The predicted molar refractivity (Wildman–Crippen MR) is 98.1 cm³/mol. The van der Waals surface area contributed by atoms with Crippen molar-refractivity contribution in [3.05, 3.63) is 52.2 Å². The minimum Gasteiger partial charge on any atom is -0.337 e. The first-order valence-corrected chi connectivity index (χ1v) is 8.50. The molecule has 1 heterocycles. The number of carbonyl (C=O) groups excluding carboxylic acids is 1. The van der Waals surface area contributed by atoms with Crippen LogP contribution in [0.5, 0.6) is 0 Å². The molecule has 24 heavy (non-hydrogen) atoms. The van der Waals surface area contributed by atoms with Crippen molar-refractivity contribution in [1.29, 1.82) is 5.26 Å². The zero-order valence-corrected chi connectivity index (χ0v) is 15.0. The van der Waals surface area contributed by atoms with E-state index in [2.05, 4.69) is 29.5 Å². The van der Waals surface area contributed by atoms with Crippen molar-refractivity contribution in [3.8, 4) is 6.07 Å². The molecule has 0 aliphatic carbocycles. The summed E-state index contributed by atoms with van der Waals surface area (Å²) >= 11 is 1.42. The van der Waals surface area contributed by atoms with Gasteiger partial charge in [0.15, 0.2) is 5.13 Å². The number of hydrogen-bond donors (Lipinski definition) is 2. The Labute approximate surface area is 146 Å². The Balaban J connectivity index is 2.20. The number of aryl methyl sites for hydroxylation is 2. The van der Waals surface area contributed by atoms with Crippen molar-refractivity contribution in [2.75, 3.05) is 10.6 Å². The van der Waals surface area contributed by atoms with Crippen LogP contribution in [0, 0.1) is 25.2 Å². The number of para-hydroxylation sites is 1. The second-order valence-electron chi connectivity index (χ2n) is 5.76. The molecule has 0 aliphatic heterocycles. The normalized spacial score (nSPS) is 11.2. The lowest BCUT2D eigenvalue weighted by molar-refractivity contribution is -0.112. The number of aromatic nitrogens is 1. The van der Waals surface area contributed by atoms with Crippen LogP contribution in [0.1, 0.15) is 36.6 Å². The summed E-state index contributed by atoms with van der Waals surface area (Å²) in [7, 11) is 0. The molecule has 2 N–H and O–H groups in total. The number of carbonyl (C=O) groups is 1. The van der Waals surface area contributed by atoms with E-state index in [9.17, 15) is 10.1 Å². The fraction of sp³-hybridized carbons (Fsp3) is 0.278. The van der Waals surface area contributed by atoms with Crippen LogP contribution in [0.4, 0.5) is 10.8 Å². The molecule has 0 atom stereocenters. The van der Waals surface area contributed by atoms with Crippen molar-refractivity contribution in [3.63, 3.8) is 0 Å². The molecule has 0 fully saturated rings. The van der Waals surface area contributed by atoms with Crippen LogP contribution in [0.25, 0.3) is 0 Å². The van der Waals surface area contributed by atoms with Gasteiger partial charge < -0.3 is 10.6 Å². The molecule has 1 amide bonds. The number of nitrogens with zero attached hydrogens (tertiary/aromatic N) is 2. The van der Waals surface area contributed by atoms with Crippen molar-refractivity contribution in [2.24, 2.45) is 0 Å². The van der Waals surface area contributed by atoms with Crippen LogP contribution in [0.15, 0.2) is 35.4 Å². The number of anilines is 2. The van der Waals surface area contributed by atoms with Crippen molar-refractivity contribution in [2.45, 2.75) is 33.6 Å². The topological polar surface area (TPSA) is 77.8 Å². The summed E-state index contributed by atoms with van der Waals surface area (Å²) in [6, 6.07) is 7.82. The molecule has 0 aliphatic rings. The molecule has 2 aromatic rings. The highest BCUT2D eigenvalue weighted by molar-refractivity contribution is 7.13. The Hall–Kier alpha value is -2.65. The van der Waals surface area contributed by atoms with E-state index in [1.807, 2.05) is 43.5 Å². The van der Waals surface area contributed by atoms with E-state index in [0.29, 0.717) is 5.13 Å². The molecule has 0 saturated heterocycles. The largest absolute Gasteiger partial charge is 0.337 e. The van der Waals surface area contributed by atoms with Gasteiger partial charge in [0.1, 0.15) is 11.6 Å². The zero-order valence-electron chi connectivity index (χ0n) is 14.2. The van der Waals surface area contributed by atoms with Crippen LogP contribution in [0.2, 0.25) is 0 Å². The summed E-state index contributed by atoms with van der Waals surface area (Å²) in [4.78, 5) is 16.7. The third kappa shape index (κ3) is 4.21.